The number of carbonyl (C=O) groups is 1. The van der Waals surface area contributed by atoms with Crippen LogP contribution in [0.5, 0.6) is 0 Å². The molecule has 2 aromatic rings. The highest BCUT2D eigenvalue weighted by Gasteiger charge is 2.26. The van der Waals surface area contributed by atoms with Crippen LogP contribution in [0.1, 0.15) is 0 Å². The van der Waals surface area contributed by atoms with Crippen LogP contribution in [0.4, 0.5) is 11.4 Å². The molecule has 142 valence electrons. The maximum absolute atomic E-state index is 12.5. The number of carbonyl (C=O) groups excluding carboxylic acids is 1. The van der Waals surface area contributed by atoms with Crippen molar-refractivity contribution in [1.82, 2.24) is 14.7 Å². The summed E-state index contributed by atoms with van der Waals surface area (Å²) < 4.78 is 0.963. The summed E-state index contributed by atoms with van der Waals surface area (Å²) in [6, 6.07) is 6.50. The van der Waals surface area contributed by atoms with Crippen molar-refractivity contribution in [1.29, 1.82) is 0 Å². The van der Waals surface area contributed by atoms with Gasteiger partial charge in [0.05, 0.1) is 16.1 Å². The third-order valence-electron chi connectivity index (χ3n) is 4.28. The number of nitro groups is 1. The van der Waals surface area contributed by atoms with Crippen LogP contribution >= 0.6 is 23.2 Å². The Balaban J connectivity index is 1.66. The number of amides is 1. The first-order chi connectivity index (χ1) is 12.9. The maximum atomic E-state index is 12.5. The number of halogens is 2. The lowest BCUT2D eigenvalue weighted by Crippen LogP contribution is -2.50. The molecule has 0 atom stereocenters. The lowest BCUT2D eigenvalue weighted by atomic mass is 10.2. The SMILES string of the molecule is O=C(Cn1ncc(Cl)c(Cl)c1=O)N1CCN(c2ccccc2[N+](=O)[O-])CC1. The third-order valence-corrected chi connectivity index (χ3v) is 5.03. The molecule has 9 nitrogen and oxygen atoms in total. The van der Waals surface area contributed by atoms with E-state index in [0.29, 0.717) is 31.9 Å². The zero-order chi connectivity index (χ0) is 19.6. The summed E-state index contributed by atoms with van der Waals surface area (Å²) in [5.74, 6) is -0.287. The van der Waals surface area contributed by atoms with Gasteiger partial charge in [-0.15, -0.1) is 0 Å². The minimum absolute atomic E-state index is 0.0310. The van der Waals surface area contributed by atoms with E-state index in [2.05, 4.69) is 5.10 Å². The summed E-state index contributed by atoms with van der Waals surface area (Å²) in [7, 11) is 0. The van der Waals surface area contributed by atoms with Crippen molar-refractivity contribution in [2.75, 3.05) is 31.1 Å². The Morgan fingerprint density at radius 3 is 2.52 bits per heavy atom. The molecule has 0 saturated carbocycles. The van der Waals surface area contributed by atoms with E-state index in [4.69, 9.17) is 23.2 Å². The van der Waals surface area contributed by atoms with Crippen LogP contribution in [-0.2, 0) is 11.3 Å². The summed E-state index contributed by atoms with van der Waals surface area (Å²) in [6.45, 7) is 1.39. The minimum atomic E-state index is -0.629. The number of hydrogen-bond donors (Lipinski definition) is 0. The average Bonchev–Trinajstić information content (AvgIpc) is 2.68. The third kappa shape index (κ3) is 4.04. The average molecular weight is 412 g/mol. The van der Waals surface area contributed by atoms with Gasteiger partial charge >= 0.3 is 0 Å². The molecule has 1 saturated heterocycles. The molecule has 0 bridgehead atoms. The topological polar surface area (TPSA) is 102 Å². The zero-order valence-corrected chi connectivity index (χ0v) is 15.6. The van der Waals surface area contributed by atoms with Gasteiger partial charge in [-0.3, -0.25) is 19.7 Å². The van der Waals surface area contributed by atoms with Crippen molar-refractivity contribution < 1.29 is 9.72 Å². The Labute approximate surface area is 163 Å². The number of rotatable bonds is 4. The fourth-order valence-corrected chi connectivity index (χ4v) is 3.14. The van der Waals surface area contributed by atoms with Gasteiger partial charge in [-0.25, -0.2) is 4.68 Å². The lowest BCUT2D eigenvalue weighted by molar-refractivity contribution is -0.384. The van der Waals surface area contributed by atoms with E-state index in [1.165, 1.54) is 12.3 Å². The second-order valence-corrected chi connectivity index (χ2v) is 6.67. The summed E-state index contributed by atoms with van der Waals surface area (Å²) in [5.41, 5.74) is -0.0723. The molecule has 1 aliphatic heterocycles. The van der Waals surface area contributed by atoms with E-state index in [1.54, 1.807) is 23.1 Å². The van der Waals surface area contributed by atoms with Crippen LogP contribution in [0.15, 0.2) is 35.3 Å². The van der Waals surface area contributed by atoms with Gasteiger partial charge < -0.3 is 9.80 Å². The predicted octanol–water partition coefficient (Wildman–Crippen LogP) is 1.81. The van der Waals surface area contributed by atoms with Crippen molar-refractivity contribution in [3.8, 4) is 0 Å². The number of anilines is 1. The van der Waals surface area contributed by atoms with Crippen molar-refractivity contribution in [3.05, 3.63) is 61.0 Å². The first-order valence-electron chi connectivity index (χ1n) is 8.05. The molecule has 27 heavy (non-hydrogen) atoms. The molecule has 3 rings (SSSR count). The molecule has 0 N–H and O–H groups in total. The van der Waals surface area contributed by atoms with Gasteiger partial charge in [-0.05, 0) is 6.07 Å². The van der Waals surface area contributed by atoms with Gasteiger partial charge in [0.2, 0.25) is 5.91 Å². The summed E-state index contributed by atoms with van der Waals surface area (Å²) in [4.78, 5) is 38.7. The van der Waals surface area contributed by atoms with Gasteiger partial charge in [0.25, 0.3) is 11.2 Å². The Morgan fingerprint density at radius 2 is 1.85 bits per heavy atom. The summed E-state index contributed by atoms with van der Waals surface area (Å²) >= 11 is 11.5. The van der Waals surface area contributed by atoms with Crippen molar-refractivity contribution in [3.63, 3.8) is 0 Å². The smallest absolute Gasteiger partial charge is 0.292 e. The zero-order valence-electron chi connectivity index (χ0n) is 14.0. The number of nitrogens with zero attached hydrogens (tertiary/aromatic N) is 5. The fraction of sp³-hybridized carbons (Fsp3) is 0.312. The minimum Gasteiger partial charge on any atom is -0.362 e. The summed E-state index contributed by atoms with van der Waals surface area (Å²) in [6.07, 6.45) is 1.21. The van der Waals surface area contributed by atoms with Gasteiger partial charge in [0.1, 0.15) is 17.3 Å². The number of aromatic nitrogens is 2. The van der Waals surface area contributed by atoms with E-state index in [-0.39, 0.29) is 28.2 Å². The van der Waals surface area contributed by atoms with Crippen LogP contribution in [0.3, 0.4) is 0 Å². The second kappa shape index (κ2) is 7.93. The molecule has 11 heteroatoms. The molecule has 2 heterocycles. The van der Waals surface area contributed by atoms with Crippen molar-refractivity contribution >= 4 is 40.5 Å². The largest absolute Gasteiger partial charge is 0.362 e. The first-order valence-corrected chi connectivity index (χ1v) is 8.81. The molecule has 0 spiro atoms. The van der Waals surface area contributed by atoms with Crippen LogP contribution in [0, 0.1) is 10.1 Å². The highest BCUT2D eigenvalue weighted by molar-refractivity contribution is 6.41. The van der Waals surface area contributed by atoms with Crippen molar-refractivity contribution in [2.45, 2.75) is 6.54 Å². The number of piperazine rings is 1. The molecule has 1 amide bonds. The van der Waals surface area contributed by atoms with E-state index >= 15 is 0 Å². The van der Waals surface area contributed by atoms with E-state index in [0.717, 1.165) is 4.68 Å². The Hall–Kier alpha value is -2.65. The molecule has 0 radical (unpaired) electrons. The highest BCUT2D eigenvalue weighted by atomic mass is 35.5. The fourth-order valence-electron chi connectivity index (χ4n) is 2.87. The van der Waals surface area contributed by atoms with Gasteiger partial charge in [0, 0.05) is 32.2 Å². The highest BCUT2D eigenvalue weighted by Crippen LogP contribution is 2.28. The predicted molar refractivity (Wildman–Crippen MR) is 100 cm³/mol. The first kappa shape index (κ1) is 19.1. The number of para-hydroxylation sites is 2. The van der Waals surface area contributed by atoms with E-state index in [1.807, 2.05) is 4.90 Å². The molecular formula is C16H15Cl2N5O4. The summed E-state index contributed by atoms with van der Waals surface area (Å²) in [5, 5.41) is 14.9. The molecule has 1 aliphatic rings. The number of hydrogen-bond acceptors (Lipinski definition) is 6. The molecular weight excluding hydrogens is 397 g/mol. The normalized spacial score (nSPS) is 14.3. The van der Waals surface area contributed by atoms with Gasteiger partial charge in [-0.1, -0.05) is 35.3 Å². The second-order valence-electron chi connectivity index (χ2n) is 5.88. The van der Waals surface area contributed by atoms with Crippen LogP contribution in [-0.4, -0.2) is 51.7 Å². The van der Waals surface area contributed by atoms with E-state index in [9.17, 15) is 19.7 Å². The monoisotopic (exact) mass is 411 g/mol. The Kier molecular flexibility index (Phi) is 5.62. The molecule has 0 unspecified atom stereocenters. The standard InChI is InChI=1S/C16H15Cl2N5O4/c17-11-9-19-22(16(25)15(11)18)10-14(24)21-7-5-20(6-8-21)12-3-1-2-4-13(12)23(26)27/h1-4,9H,5-8,10H2. The van der Waals surface area contributed by atoms with E-state index < -0.39 is 10.5 Å². The number of nitro benzene ring substituents is 1. The van der Waals surface area contributed by atoms with Crippen LogP contribution < -0.4 is 10.5 Å². The van der Waals surface area contributed by atoms with Gasteiger partial charge in [0.15, 0.2) is 0 Å². The molecule has 1 aromatic carbocycles. The van der Waals surface area contributed by atoms with Crippen LogP contribution in [0.2, 0.25) is 10.0 Å². The lowest BCUT2D eigenvalue weighted by Gasteiger charge is -2.35. The Morgan fingerprint density at radius 1 is 1.19 bits per heavy atom. The quantitative estimate of drug-likeness (QED) is 0.561. The maximum Gasteiger partial charge on any atom is 0.292 e. The Bertz CT molecular complexity index is 941. The van der Waals surface area contributed by atoms with Gasteiger partial charge in [-0.2, -0.15) is 5.10 Å². The molecule has 1 aromatic heterocycles. The molecule has 0 aliphatic carbocycles. The number of benzene rings is 1. The molecule has 1 fully saturated rings. The van der Waals surface area contributed by atoms with Crippen molar-refractivity contribution in [2.24, 2.45) is 0 Å². The van der Waals surface area contributed by atoms with Crippen LogP contribution in [0.25, 0.3) is 0 Å².